The van der Waals surface area contributed by atoms with Crippen molar-refractivity contribution in [1.82, 2.24) is 9.78 Å². The van der Waals surface area contributed by atoms with E-state index in [1.165, 1.54) is 6.07 Å². The number of nitrogen functional groups attached to an aromatic ring is 1. The van der Waals surface area contributed by atoms with E-state index in [2.05, 4.69) is 5.10 Å². The van der Waals surface area contributed by atoms with Crippen molar-refractivity contribution in [2.45, 2.75) is 6.54 Å². The Morgan fingerprint density at radius 3 is 2.60 bits per heavy atom. The smallest absolute Gasteiger partial charge is 0.145 e. The minimum atomic E-state index is -0.221. The molecule has 0 saturated heterocycles. The largest absolute Gasteiger partial charge is 1.00 e. The van der Waals surface area contributed by atoms with Gasteiger partial charge in [0.05, 0.1) is 6.54 Å². The van der Waals surface area contributed by atoms with E-state index >= 15 is 0 Å². The van der Waals surface area contributed by atoms with Gasteiger partial charge in [0.15, 0.2) is 0 Å². The topological polar surface area (TPSA) is 43.8 Å². The van der Waals surface area contributed by atoms with Gasteiger partial charge in [-0.1, -0.05) is 18.2 Å². The first-order valence-electron chi connectivity index (χ1n) is 4.28. The molecule has 3 nitrogen and oxygen atoms in total. The van der Waals surface area contributed by atoms with Crippen LogP contribution in [0.4, 0.5) is 10.2 Å². The highest BCUT2D eigenvalue weighted by atomic mass is 35.5. The van der Waals surface area contributed by atoms with Crippen molar-refractivity contribution in [2.24, 2.45) is 0 Å². The molecule has 5 heteroatoms. The van der Waals surface area contributed by atoms with Crippen molar-refractivity contribution in [3.63, 3.8) is 0 Å². The van der Waals surface area contributed by atoms with E-state index in [0.717, 1.165) is 0 Å². The fourth-order valence-electron chi connectivity index (χ4n) is 1.27. The summed E-state index contributed by atoms with van der Waals surface area (Å²) in [5.74, 6) is 0.225. The third kappa shape index (κ3) is 2.70. The third-order valence-electron chi connectivity index (χ3n) is 1.95. The van der Waals surface area contributed by atoms with E-state index in [0.29, 0.717) is 17.9 Å². The van der Waals surface area contributed by atoms with Gasteiger partial charge in [0.25, 0.3) is 0 Å². The number of aromatic nitrogens is 2. The second-order valence-corrected chi connectivity index (χ2v) is 3.03. The molecule has 1 aromatic heterocycles. The van der Waals surface area contributed by atoms with Crippen LogP contribution in [0.2, 0.25) is 0 Å². The van der Waals surface area contributed by atoms with Crippen LogP contribution in [0.5, 0.6) is 0 Å². The summed E-state index contributed by atoms with van der Waals surface area (Å²) in [5.41, 5.74) is 6.05. The zero-order chi connectivity index (χ0) is 9.97. The van der Waals surface area contributed by atoms with Crippen molar-refractivity contribution in [2.75, 3.05) is 5.73 Å². The first-order chi connectivity index (χ1) is 6.75. The molecule has 0 spiro atoms. The molecule has 0 unspecified atom stereocenters. The van der Waals surface area contributed by atoms with Gasteiger partial charge in [-0.25, -0.2) is 4.39 Å². The first kappa shape index (κ1) is 11.5. The summed E-state index contributed by atoms with van der Waals surface area (Å²) < 4.78 is 14.8. The van der Waals surface area contributed by atoms with Gasteiger partial charge in [0.2, 0.25) is 0 Å². The summed E-state index contributed by atoms with van der Waals surface area (Å²) in [6.07, 6.45) is 1.72. The monoisotopic (exact) mass is 226 g/mol. The minimum Gasteiger partial charge on any atom is -1.00 e. The average molecular weight is 227 g/mol. The molecular formula is C10H10ClFN3-. The lowest BCUT2D eigenvalue weighted by Crippen LogP contribution is -3.00. The van der Waals surface area contributed by atoms with Crippen LogP contribution in [0.15, 0.2) is 36.5 Å². The maximum absolute atomic E-state index is 13.2. The fraction of sp³-hybridized carbons (Fsp3) is 0.100. The van der Waals surface area contributed by atoms with E-state index < -0.39 is 0 Å². The number of nitrogens with zero attached hydrogens (tertiary/aromatic N) is 2. The van der Waals surface area contributed by atoms with Gasteiger partial charge in [0.1, 0.15) is 11.6 Å². The van der Waals surface area contributed by atoms with Crippen molar-refractivity contribution < 1.29 is 16.8 Å². The van der Waals surface area contributed by atoms with Crippen molar-refractivity contribution >= 4 is 5.82 Å². The van der Waals surface area contributed by atoms with Crippen LogP contribution in [0.3, 0.4) is 0 Å². The highest BCUT2D eigenvalue weighted by Crippen LogP contribution is 2.08. The van der Waals surface area contributed by atoms with E-state index in [1.54, 1.807) is 35.1 Å². The molecule has 2 aromatic rings. The third-order valence-corrected chi connectivity index (χ3v) is 1.95. The lowest BCUT2D eigenvalue weighted by molar-refractivity contribution is -0.00000356. The Morgan fingerprint density at radius 1 is 1.27 bits per heavy atom. The molecule has 2 rings (SSSR count). The van der Waals surface area contributed by atoms with Crippen LogP contribution < -0.4 is 18.1 Å². The summed E-state index contributed by atoms with van der Waals surface area (Å²) in [6.45, 7) is 0.407. The van der Waals surface area contributed by atoms with E-state index in [4.69, 9.17) is 5.73 Å². The molecule has 0 fully saturated rings. The standard InChI is InChI=1S/C10H10FN3.ClH/c11-9-4-2-1-3-8(9)7-14-6-5-10(12)13-14;/h1-6H,7H2,(H2,12,13);1H/p-1. The van der Waals surface area contributed by atoms with Crippen LogP contribution in [0, 0.1) is 5.82 Å². The molecule has 0 saturated carbocycles. The van der Waals surface area contributed by atoms with Crippen molar-refractivity contribution in [1.29, 1.82) is 0 Å². The number of anilines is 1. The van der Waals surface area contributed by atoms with Gasteiger partial charge in [-0.3, -0.25) is 4.68 Å². The second-order valence-electron chi connectivity index (χ2n) is 3.03. The lowest BCUT2D eigenvalue weighted by atomic mass is 10.2. The molecule has 1 heterocycles. The van der Waals surface area contributed by atoms with Gasteiger partial charge < -0.3 is 18.1 Å². The van der Waals surface area contributed by atoms with E-state index in [1.807, 2.05) is 0 Å². The predicted molar refractivity (Wildman–Crippen MR) is 52.1 cm³/mol. The lowest BCUT2D eigenvalue weighted by Gasteiger charge is -2.02. The number of halogens is 2. The fourth-order valence-corrected chi connectivity index (χ4v) is 1.27. The Hall–Kier alpha value is -1.55. The normalized spacial score (nSPS) is 9.67. The maximum atomic E-state index is 13.2. The average Bonchev–Trinajstić information content (AvgIpc) is 2.56. The first-order valence-corrected chi connectivity index (χ1v) is 4.28. The summed E-state index contributed by atoms with van der Waals surface area (Å²) in [5, 5.41) is 3.97. The predicted octanol–water partition coefficient (Wildman–Crippen LogP) is -1.34. The van der Waals surface area contributed by atoms with Gasteiger partial charge in [-0.05, 0) is 12.1 Å². The molecule has 0 atom stereocenters. The van der Waals surface area contributed by atoms with Gasteiger partial charge >= 0.3 is 0 Å². The molecule has 1 aromatic carbocycles. The number of hydrogen-bond acceptors (Lipinski definition) is 2. The Labute approximate surface area is 93.1 Å². The van der Waals surface area contributed by atoms with E-state index in [-0.39, 0.29) is 18.2 Å². The van der Waals surface area contributed by atoms with Crippen molar-refractivity contribution in [3.8, 4) is 0 Å². The summed E-state index contributed by atoms with van der Waals surface area (Å²) >= 11 is 0. The number of hydrogen-bond donors (Lipinski definition) is 1. The zero-order valence-corrected chi connectivity index (χ0v) is 8.65. The molecule has 0 aliphatic heterocycles. The van der Waals surface area contributed by atoms with Gasteiger partial charge in [0, 0.05) is 11.8 Å². The highest BCUT2D eigenvalue weighted by Gasteiger charge is 2.01. The van der Waals surface area contributed by atoms with Crippen molar-refractivity contribution in [3.05, 3.63) is 47.9 Å². The van der Waals surface area contributed by atoms with Crippen LogP contribution in [-0.2, 0) is 6.54 Å². The molecule has 15 heavy (non-hydrogen) atoms. The summed E-state index contributed by atoms with van der Waals surface area (Å²) in [6, 6.07) is 8.30. The van der Waals surface area contributed by atoms with Crippen LogP contribution in [-0.4, -0.2) is 9.78 Å². The summed E-state index contributed by atoms with van der Waals surface area (Å²) in [4.78, 5) is 0. The Kier molecular flexibility index (Phi) is 3.68. The van der Waals surface area contributed by atoms with Gasteiger partial charge in [-0.2, -0.15) is 5.10 Å². The zero-order valence-electron chi connectivity index (χ0n) is 7.90. The number of benzene rings is 1. The number of rotatable bonds is 2. The quantitative estimate of drug-likeness (QED) is 0.689. The Bertz CT molecular complexity index is 442. The SMILES string of the molecule is Nc1ccn(Cc2ccccc2F)n1.[Cl-]. The van der Waals surface area contributed by atoms with E-state index in [9.17, 15) is 4.39 Å². The number of nitrogens with two attached hydrogens (primary N) is 1. The molecule has 0 amide bonds. The molecular weight excluding hydrogens is 217 g/mol. The summed E-state index contributed by atoms with van der Waals surface area (Å²) in [7, 11) is 0. The molecule has 0 aliphatic carbocycles. The highest BCUT2D eigenvalue weighted by molar-refractivity contribution is 5.25. The molecule has 2 N–H and O–H groups in total. The Morgan fingerprint density at radius 2 is 2.00 bits per heavy atom. The Balaban J connectivity index is 0.00000112. The molecule has 0 bridgehead atoms. The maximum Gasteiger partial charge on any atom is 0.145 e. The van der Waals surface area contributed by atoms with Crippen LogP contribution in [0.1, 0.15) is 5.56 Å². The molecule has 0 radical (unpaired) electrons. The van der Waals surface area contributed by atoms with Gasteiger partial charge in [-0.15, -0.1) is 0 Å². The molecule has 0 aliphatic rings. The second kappa shape index (κ2) is 4.79. The van der Waals surface area contributed by atoms with Crippen LogP contribution >= 0.6 is 0 Å². The molecule has 80 valence electrons. The minimum absolute atomic E-state index is 0. The van der Waals surface area contributed by atoms with Crippen LogP contribution in [0.25, 0.3) is 0 Å².